The van der Waals surface area contributed by atoms with E-state index in [0.717, 1.165) is 6.20 Å². The average Bonchev–Trinajstić information content (AvgIpc) is 3.29. The zero-order valence-electron chi connectivity index (χ0n) is 14.8. The first-order valence-electron chi connectivity index (χ1n) is 8.55. The van der Waals surface area contributed by atoms with Crippen LogP contribution in [0.15, 0.2) is 36.7 Å². The second-order valence-electron chi connectivity index (χ2n) is 6.53. The van der Waals surface area contributed by atoms with Gasteiger partial charge in [0, 0.05) is 32.3 Å². The molecule has 0 radical (unpaired) electrons. The van der Waals surface area contributed by atoms with Gasteiger partial charge in [-0.1, -0.05) is 12.1 Å². The first kappa shape index (κ1) is 18.1. The first-order valence-corrected chi connectivity index (χ1v) is 8.55. The van der Waals surface area contributed by atoms with Gasteiger partial charge in [-0.25, -0.2) is 9.78 Å². The molecule has 0 aliphatic carbocycles. The number of aromatic nitrogens is 2. The highest BCUT2D eigenvalue weighted by atomic mass is 19.3. The molecular formula is C18H16F2N4O4. The van der Waals surface area contributed by atoms with Crippen molar-refractivity contribution in [3.8, 4) is 0 Å². The van der Waals surface area contributed by atoms with Crippen LogP contribution < -0.4 is 4.90 Å². The number of alkyl halides is 2. The van der Waals surface area contributed by atoms with E-state index in [0.29, 0.717) is 15.8 Å². The fraction of sp³-hybridized carbons (Fsp3) is 0.333. The number of carbonyl (C=O) groups is 3. The Bertz CT molecular complexity index is 976. The Morgan fingerprint density at radius 2 is 2.07 bits per heavy atom. The summed E-state index contributed by atoms with van der Waals surface area (Å²) in [6, 6.07) is 6.50. The monoisotopic (exact) mass is 390 g/mol. The highest BCUT2D eigenvalue weighted by Gasteiger charge is 2.60. The number of fused-ring (bicyclic) bond motifs is 3. The quantitative estimate of drug-likeness (QED) is 0.745. The second kappa shape index (κ2) is 6.39. The van der Waals surface area contributed by atoms with Crippen LogP contribution in [0.3, 0.4) is 0 Å². The Kier molecular flexibility index (Phi) is 4.13. The lowest BCUT2D eigenvalue weighted by molar-refractivity contribution is -0.158. The first-order chi connectivity index (χ1) is 13.4. The van der Waals surface area contributed by atoms with Crippen molar-refractivity contribution in [2.75, 3.05) is 11.9 Å². The maximum Gasteiger partial charge on any atom is 0.354 e. The van der Waals surface area contributed by atoms with E-state index in [4.69, 9.17) is 4.74 Å². The number of benzene rings is 1. The smallest absolute Gasteiger partial charge is 0.354 e. The number of rotatable bonds is 4. The number of imidazole rings is 1. The molecule has 2 amide bonds. The van der Waals surface area contributed by atoms with Crippen molar-refractivity contribution in [1.29, 1.82) is 0 Å². The summed E-state index contributed by atoms with van der Waals surface area (Å²) in [5.41, 5.74) is -1.01. The summed E-state index contributed by atoms with van der Waals surface area (Å²) < 4.78 is 31.8. The predicted octanol–water partition coefficient (Wildman–Crippen LogP) is 1.93. The molecule has 0 spiro atoms. The number of para-hydroxylation sites is 1. The number of nitrogens with zero attached hydrogens (tertiary/aromatic N) is 4. The molecule has 10 heteroatoms. The Hall–Kier alpha value is -3.30. The summed E-state index contributed by atoms with van der Waals surface area (Å²) in [4.78, 5) is 44.7. The molecule has 8 nitrogen and oxygen atoms in total. The van der Waals surface area contributed by atoms with Gasteiger partial charge in [-0.15, -0.1) is 0 Å². The molecule has 146 valence electrons. The minimum atomic E-state index is -2.83. The third-order valence-corrected chi connectivity index (χ3v) is 5.16. The lowest BCUT2D eigenvalue weighted by Gasteiger charge is -2.46. The number of halogens is 2. The van der Waals surface area contributed by atoms with Crippen LogP contribution in [0.4, 0.5) is 14.5 Å². The number of esters is 1. The van der Waals surface area contributed by atoms with Crippen LogP contribution in [-0.2, 0) is 20.9 Å². The topological polar surface area (TPSA) is 84.7 Å². The molecule has 0 bridgehead atoms. The van der Waals surface area contributed by atoms with Crippen molar-refractivity contribution in [3.63, 3.8) is 0 Å². The van der Waals surface area contributed by atoms with Gasteiger partial charge in [0.25, 0.3) is 5.91 Å². The van der Waals surface area contributed by atoms with Crippen molar-refractivity contribution < 1.29 is 27.9 Å². The third-order valence-electron chi connectivity index (χ3n) is 5.16. The molecule has 1 aromatic heterocycles. The molecule has 1 atom stereocenters. The molecule has 1 aromatic carbocycles. The van der Waals surface area contributed by atoms with Crippen LogP contribution in [0.25, 0.3) is 0 Å². The number of ether oxygens (including phenoxy) is 1. The molecule has 28 heavy (non-hydrogen) atoms. The summed E-state index contributed by atoms with van der Waals surface area (Å²) >= 11 is 0. The van der Waals surface area contributed by atoms with Gasteiger partial charge < -0.3 is 9.64 Å². The summed E-state index contributed by atoms with van der Waals surface area (Å²) in [7, 11) is 1.42. The molecule has 2 aliphatic rings. The maximum absolute atomic E-state index is 13.1. The number of anilines is 1. The van der Waals surface area contributed by atoms with Gasteiger partial charge in [-0.3, -0.25) is 19.1 Å². The predicted molar refractivity (Wildman–Crippen MR) is 91.3 cm³/mol. The summed E-state index contributed by atoms with van der Waals surface area (Å²) in [5.74, 6) is -1.75. The Morgan fingerprint density at radius 3 is 2.82 bits per heavy atom. The van der Waals surface area contributed by atoms with Gasteiger partial charge in [-0.2, -0.15) is 8.78 Å². The van der Waals surface area contributed by atoms with Gasteiger partial charge in [0.05, 0.1) is 11.3 Å². The largest absolute Gasteiger partial charge is 0.454 e. The summed E-state index contributed by atoms with van der Waals surface area (Å²) in [6.07, 6.45) is 2.34. The van der Waals surface area contributed by atoms with Crippen molar-refractivity contribution >= 4 is 23.5 Å². The SMILES string of the molecule is CN1C(=O)c2ccccc2N2C(=O)CCC12C(=O)OCc1nccn1C(F)F. The lowest BCUT2D eigenvalue weighted by atomic mass is 9.97. The van der Waals surface area contributed by atoms with Gasteiger partial charge in [0.2, 0.25) is 11.6 Å². The fourth-order valence-electron chi connectivity index (χ4n) is 3.77. The molecule has 0 saturated carbocycles. The molecule has 0 N–H and O–H groups in total. The average molecular weight is 390 g/mol. The highest BCUT2D eigenvalue weighted by Crippen LogP contribution is 2.44. The van der Waals surface area contributed by atoms with Crippen molar-refractivity contribution in [2.24, 2.45) is 0 Å². The molecule has 1 saturated heterocycles. The Morgan fingerprint density at radius 1 is 1.32 bits per heavy atom. The zero-order valence-corrected chi connectivity index (χ0v) is 14.8. The van der Waals surface area contributed by atoms with Gasteiger partial charge in [0.15, 0.2) is 5.82 Å². The Balaban J connectivity index is 1.69. The molecule has 1 unspecified atom stereocenters. The third kappa shape index (κ3) is 2.40. The van der Waals surface area contributed by atoms with Crippen LogP contribution in [-0.4, -0.2) is 44.9 Å². The maximum atomic E-state index is 13.1. The van der Waals surface area contributed by atoms with Crippen LogP contribution in [0, 0.1) is 0 Å². The number of likely N-dealkylation sites (N-methyl/N-ethyl adjacent to an activating group) is 1. The molecule has 4 rings (SSSR count). The normalized spacial score (nSPS) is 21.1. The van der Waals surface area contributed by atoms with Gasteiger partial charge >= 0.3 is 12.5 Å². The van der Waals surface area contributed by atoms with E-state index >= 15 is 0 Å². The molecular weight excluding hydrogens is 374 g/mol. The lowest BCUT2D eigenvalue weighted by Crippen LogP contribution is -2.67. The van der Waals surface area contributed by atoms with Crippen molar-refractivity contribution in [2.45, 2.75) is 31.7 Å². The number of carbonyl (C=O) groups excluding carboxylic acids is 3. The van der Waals surface area contributed by atoms with Gasteiger partial charge in [-0.05, 0) is 12.1 Å². The fourth-order valence-corrected chi connectivity index (χ4v) is 3.77. The minimum absolute atomic E-state index is 0.0462. The molecule has 3 heterocycles. The standard InChI is InChI=1S/C18H16F2N4O4/c1-22-15(26)11-4-2-3-5-12(11)24-14(25)6-7-18(22,24)16(27)28-10-13-21-8-9-23(13)17(19)20/h2-5,8-9,17H,6-7,10H2,1H3. The Labute approximate surface area is 158 Å². The second-order valence-corrected chi connectivity index (χ2v) is 6.53. The number of hydrogen-bond donors (Lipinski definition) is 0. The molecule has 2 aromatic rings. The van der Waals surface area contributed by atoms with Crippen molar-refractivity contribution in [1.82, 2.24) is 14.5 Å². The molecule has 1 fully saturated rings. The highest BCUT2D eigenvalue weighted by molar-refractivity contribution is 6.15. The van der Waals surface area contributed by atoms with E-state index in [2.05, 4.69) is 4.98 Å². The zero-order chi connectivity index (χ0) is 20.1. The number of hydrogen-bond acceptors (Lipinski definition) is 5. The number of amides is 2. The van der Waals surface area contributed by atoms with Crippen LogP contribution in [0.1, 0.15) is 35.6 Å². The summed E-state index contributed by atoms with van der Waals surface area (Å²) in [6.45, 7) is -3.34. The molecule has 2 aliphatic heterocycles. The van der Waals surface area contributed by atoms with E-state index in [-0.39, 0.29) is 24.6 Å². The summed E-state index contributed by atoms with van der Waals surface area (Å²) in [5, 5.41) is 0. The van der Waals surface area contributed by atoms with E-state index in [1.807, 2.05) is 0 Å². The van der Waals surface area contributed by atoms with E-state index < -0.39 is 30.7 Å². The minimum Gasteiger partial charge on any atom is -0.454 e. The van der Waals surface area contributed by atoms with E-state index in [1.165, 1.54) is 23.0 Å². The van der Waals surface area contributed by atoms with Crippen molar-refractivity contribution in [3.05, 3.63) is 48.0 Å². The van der Waals surface area contributed by atoms with E-state index in [9.17, 15) is 23.2 Å². The van der Waals surface area contributed by atoms with Crippen LogP contribution in [0.2, 0.25) is 0 Å². The van der Waals surface area contributed by atoms with Crippen LogP contribution in [0.5, 0.6) is 0 Å². The van der Waals surface area contributed by atoms with E-state index in [1.54, 1.807) is 24.3 Å². The van der Waals surface area contributed by atoms with Crippen LogP contribution >= 0.6 is 0 Å². The van der Waals surface area contributed by atoms with Gasteiger partial charge in [0.1, 0.15) is 6.61 Å².